The Morgan fingerprint density at radius 3 is 2.80 bits per heavy atom. The molecule has 3 heterocycles. The third-order valence-electron chi connectivity index (χ3n) is 6.30. The van der Waals surface area contributed by atoms with Gasteiger partial charge in [-0.1, -0.05) is 6.08 Å². The van der Waals surface area contributed by atoms with E-state index in [-0.39, 0.29) is 18.1 Å². The second-order valence-corrected chi connectivity index (χ2v) is 8.53. The zero-order valence-corrected chi connectivity index (χ0v) is 19.4. The molecule has 35 heavy (non-hydrogen) atoms. The molecule has 1 atom stereocenters. The number of allylic oxidation sites excluding steroid dienone is 2. The van der Waals surface area contributed by atoms with Crippen molar-refractivity contribution in [3.05, 3.63) is 52.2 Å². The Hall–Kier alpha value is -3.55. The summed E-state index contributed by atoms with van der Waals surface area (Å²) in [6.07, 6.45) is 3.03. The van der Waals surface area contributed by atoms with E-state index in [0.29, 0.717) is 85.8 Å². The lowest BCUT2D eigenvalue weighted by Crippen LogP contribution is -2.41. The number of amides is 1. The first-order valence-electron chi connectivity index (χ1n) is 11.6. The zero-order valence-electron chi connectivity index (χ0n) is 19.4. The highest BCUT2D eigenvalue weighted by Crippen LogP contribution is 2.35. The number of benzene rings is 1. The number of methoxy groups -OCH3 is 1. The molecule has 0 saturated carbocycles. The summed E-state index contributed by atoms with van der Waals surface area (Å²) in [4.78, 5) is 23.6. The third-order valence-corrected chi connectivity index (χ3v) is 6.30. The number of ether oxygens (including phenoxy) is 4. The number of carbonyl (C=O) groups is 1. The molecule has 1 amide bonds. The predicted molar refractivity (Wildman–Crippen MR) is 122 cm³/mol. The summed E-state index contributed by atoms with van der Waals surface area (Å²) >= 11 is 0. The van der Waals surface area contributed by atoms with Crippen molar-refractivity contribution in [1.82, 2.24) is 14.9 Å². The monoisotopic (exact) mass is 480 g/mol. The SMILES string of the molecule is COc1cc(C(=O)N2CCOCC2)c(F)cc1Cc1nc2c(c(O[C@H]3CCOC3)n1)C(C#N)=CC2. The third kappa shape index (κ3) is 4.70. The molecule has 2 aliphatic heterocycles. The molecule has 10 heteroatoms. The van der Waals surface area contributed by atoms with Crippen LogP contribution in [-0.2, 0) is 22.3 Å². The summed E-state index contributed by atoms with van der Waals surface area (Å²) in [6, 6.07) is 4.91. The second kappa shape index (κ2) is 9.98. The molecule has 0 unspecified atom stereocenters. The van der Waals surface area contributed by atoms with Crippen LogP contribution in [0.15, 0.2) is 18.2 Å². The van der Waals surface area contributed by atoms with Crippen molar-refractivity contribution in [2.24, 2.45) is 0 Å². The van der Waals surface area contributed by atoms with Crippen molar-refractivity contribution in [2.75, 3.05) is 46.6 Å². The average Bonchev–Trinajstić information content (AvgIpc) is 3.54. The van der Waals surface area contributed by atoms with Gasteiger partial charge in [0.2, 0.25) is 5.88 Å². The van der Waals surface area contributed by atoms with Gasteiger partial charge in [0.25, 0.3) is 5.91 Å². The van der Waals surface area contributed by atoms with Gasteiger partial charge in [-0.2, -0.15) is 10.2 Å². The van der Waals surface area contributed by atoms with Gasteiger partial charge in [-0.3, -0.25) is 4.79 Å². The van der Waals surface area contributed by atoms with Gasteiger partial charge in [0.05, 0.1) is 62.0 Å². The number of morpholine rings is 1. The van der Waals surface area contributed by atoms with E-state index in [9.17, 15) is 10.1 Å². The number of carbonyl (C=O) groups excluding carboxylic acids is 1. The van der Waals surface area contributed by atoms with E-state index in [0.717, 1.165) is 6.42 Å². The van der Waals surface area contributed by atoms with Gasteiger partial charge in [0.15, 0.2) is 0 Å². The van der Waals surface area contributed by atoms with E-state index in [1.807, 2.05) is 0 Å². The van der Waals surface area contributed by atoms with Crippen molar-refractivity contribution < 1.29 is 28.1 Å². The number of hydrogen-bond donors (Lipinski definition) is 0. The van der Waals surface area contributed by atoms with Crippen LogP contribution in [0.1, 0.15) is 39.4 Å². The molecule has 0 N–H and O–H groups in total. The predicted octanol–water partition coefficient (Wildman–Crippen LogP) is 2.32. The lowest BCUT2D eigenvalue weighted by molar-refractivity contribution is 0.0299. The number of fused-ring (bicyclic) bond motifs is 1. The van der Waals surface area contributed by atoms with Crippen LogP contribution in [0.3, 0.4) is 0 Å². The number of rotatable bonds is 6. The Bertz CT molecular complexity index is 1210. The van der Waals surface area contributed by atoms with Crippen LogP contribution in [0.2, 0.25) is 0 Å². The average molecular weight is 480 g/mol. The molecule has 1 aromatic carbocycles. The zero-order chi connectivity index (χ0) is 24.4. The molecule has 2 aromatic rings. The molecule has 2 fully saturated rings. The minimum atomic E-state index is -0.633. The van der Waals surface area contributed by atoms with E-state index in [2.05, 4.69) is 16.0 Å². The van der Waals surface area contributed by atoms with Crippen molar-refractivity contribution in [1.29, 1.82) is 5.26 Å². The summed E-state index contributed by atoms with van der Waals surface area (Å²) in [7, 11) is 1.47. The van der Waals surface area contributed by atoms with Gasteiger partial charge >= 0.3 is 0 Å². The molecule has 3 aliphatic rings. The van der Waals surface area contributed by atoms with Gasteiger partial charge in [0.1, 0.15) is 23.5 Å². The lowest BCUT2D eigenvalue weighted by atomic mass is 10.0. The molecule has 0 radical (unpaired) electrons. The first-order chi connectivity index (χ1) is 17.1. The Kier molecular flexibility index (Phi) is 6.61. The Morgan fingerprint density at radius 2 is 2.09 bits per heavy atom. The van der Waals surface area contributed by atoms with Gasteiger partial charge in [-0.25, -0.2) is 9.37 Å². The van der Waals surface area contributed by atoms with E-state index < -0.39 is 11.7 Å². The summed E-state index contributed by atoms with van der Waals surface area (Å²) in [5, 5.41) is 9.52. The van der Waals surface area contributed by atoms with Crippen LogP contribution in [0.25, 0.3) is 5.57 Å². The number of nitrogens with zero attached hydrogens (tertiary/aromatic N) is 4. The molecule has 9 nitrogen and oxygen atoms in total. The first-order valence-corrected chi connectivity index (χ1v) is 11.6. The maximum absolute atomic E-state index is 15.1. The smallest absolute Gasteiger partial charge is 0.257 e. The Labute approximate surface area is 202 Å². The standard InChI is InChI=1S/C25H25FN4O5/c1-32-21-12-18(25(31)30-5-8-33-9-6-30)19(26)10-16(21)11-22-28-20-3-2-15(13-27)23(20)24(29-22)35-17-4-7-34-14-17/h2,10,12,17H,3-9,11,14H2,1H3/t17-/m0/s1. The molecule has 182 valence electrons. The Morgan fingerprint density at radius 1 is 1.26 bits per heavy atom. The molecule has 2 saturated heterocycles. The molecule has 1 aromatic heterocycles. The number of nitriles is 1. The minimum absolute atomic E-state index is 0.0458. The fraction of sp³-hybridized carbons (Fsp3) is 0.440. The summed E-state index contributed by atoms with van der Waals surface area (Å²) < 4.78 is 37.4. The largest absolute Gasteiger partial charge is 0.496 e. The molecule has 1 aliphatic carbocycles. The quantitative estimate of drug-likeness (QED) is 0.620. The van der Waals surface area contributed by atoms with Crippen LogP contribution < -0.4 is 9.47 Å². The van der Waals surface area contributed by atoms with Gasteiger partial charge in [-0.15, -0.1) is 0 Å². The van der Waals surface area contributed by atoms with Gasteiger partial charge in [0, 0.05) is 37.9 Å². The molecule has 5 rings (SSSR count). The van der Waals surface area contributed by atoms with Crippen molar-refractivity contribution in [2.45, 2.75) is 25.4 Å². The van der Waals surface area contributed by atoms with Crippen LogP contribution in [-0.4, -0.2) is 73.5 Å². The van der Waals surface area contributed by atoms with Crippen LogP contribution in [0, 0.1) is 17.1 Å². The molecule has 0 bridgehead atoms. The highest BCUT2D eigenvalue weighted by molar-refractivity contribution is 5.95. The maximum Gasteiger partial charge on any atom is 0.257 e. The highest BCUT2D eigenvalue weighted by atomic mass is 19.1. The van der Waals surface area contributed by atoms with Crippen molar-refractivity contribution in [3.8, 4) is 17.7 Å². The summed E-state index contributed by atoms with van der Waals surface area (Å²) in [5.74, 6) is 0.0923. The number of hydrogen-bond acceptors (Lipinski definition) is 8. The fourth-order valence-electron chi connectivity index (χ4n) is 4.48. The Balaban J connectivity index is 1.45. The molecular weight excluding hydrogens is 455 g/mol. The second-order valence-electron chi connectivity index (χ2n) is 8.53. The van der Waals surface area contributed by atoms with Crippen molar-refractivity contribution >= 4 is 11.5 Å². The fourth-order valence-corrected chi connectivity index (χ4v) is 4.48. The molecule has 0 spiro atoms. The van der Waals surface area contributed by atoms with E-state index in [4.69, 9.17) is 18.9 Å². The summed E-state index contributed by atoms with van der Waals surface area (Å²) in [6.45, 7) is 2.75. The minimum Gasteiger partial charge on any atom is -0.496 e. The topological polar surface area (TPSA) is 107 Å². The highest BCUT2D eigenvalue weighted by Gasteiger charge is 2.28. The van der Waals surface area contributed by atoms with Crippen molar-refractivity contribution in [3.63, 3.8) is 0 Å². The number of halogens is 1. The van der Waals surface area contributed by atoms with Gasteiger partial charge < -0.3 is 23.8 Å². The normalized spacial score (nSPS) is 19.2. The summed E-state index contributed by atoms with van der Waals surface area (Å²) in [5.41, 5.74) is 2.24. The van der Waals surface area contributed by atoms with Gasteiger partial charge in [-0.05, 0) is 12.1 Å². The maximum atomic E-state index is 15.1. The first kappa shape index (κ1) is 23.2. The number of aromatic nitrogens is 2. The lowest BCUT2D eigenvalue weighted by Gasteiger charge is -2.27. The van der Waals surface area contributed by atoms with Crippen LogP contribution in [0.4, 0.5) is 4.39 Å². The van der Waals surface area contributed by atoms with E-state index in [1.165, 1.54) is 19.2 Å². The van der Waals surface area contributed by atoms with E-state index in [1.54, 1.807) is 11.0 Å². The van der Waals surface area contributed by atoms with Crippen LogP contribution in [0.5, 0.6) is 11.6 Å². The molecular formula is C25H25FN4O5. The van der Waals surface area contributed by atoms with E-state index >= 15 is 4.39 Å². The van der Waals surface area contributed by atoms with Crippen LogP contribution >= 0.6 is 0 Å².